The number of aliphatic carboxylic acids is 1. The van der Waals surface area contributed by atoms with Gasteiger partial charge >= 0.3 is 5.97 Å². The molecule has 15 nitrogen and oxygen atoms in total. The Labute approximate surface area is 409 Å². The molecule has 3 N–H and O–H groups in total. The van der Waals surface area contributed by atoms with E-state index in [-0.39, 0.29) is 109 Å². The van der Waals surface area contributed by atoms with Crippen molar-refractivity contribution >= 4 is 58.8 Å². The first-order valence-corrected chi connectivity index (χ1v) is 26.2. The number of hydrogen-bond donors (Lipinski definition) is 3. The average molecular weight is 971 g/mol. The zero-order valence-electron chi connectivity index (χ0n) is 42.4. The number of carboxylic acids is 1. The third-order valence-electron chi connectivity index (χ3n) is 14.8. The zero-order chi connectivity index (χ0) is 51.0. The summed E-state index contributed by atoms with van der Waals surface area (Å²) in [5.41, 5.74) is 0.803. The van der Waals surface area contributed by atoms with Gasteiger partial charge in [-0.3, -0.25) is 43.3 Å². The molecule has 16 heteroatoms. The minimum absolute atomic E-state index is 0.0984. The molecular formula is C52H82N4O11S. The monoisotopic (exact) mass is 971 g/mol. The predicted octanol–water partition coefficient (Wildman–Crippen LogP) is 5.76. The number of carbonyl (C=O) groups is 8. The number of Topliss-reactive ketones (excluding diaryl/α,β-unsaturated/α-hetero) is 2. The highest BCUT2D eigenvalue weighted by Gasteiger charge is 2.43. The van der Waals surface area contributed by atoms with Gasteiger partial charge in [0.05, 0.1) is 17.2 Å². The Bertz CT molecular complexity index is 1860. The maximum Gasteiger partial charge on any atom is 0.307 e. The molecule has 0 aliphatic carbocycles. The van der Waals surface area contributed by atoms with Crippen LogP contribution in [-0.4, -0.2) is 152 Å². The van der Waals surface area contributed by atoms with Crippen molar-refractivity contribution in [2.45, 2.75) is 149 Å². The number of nitrogens with zero attached hydrogens (tertiary/aromatic N) is 4. The van der Waals surface area contributed by atoms with E-state index in [1.54, 1.807) is 30.8 Å². The number of aliphatic hydroxyl groups excluding tert-OH is 2. The van der Waals surface area contributed by atoms with E-state index >= 15 is 0 Å². The first-order valence-electron chi connectivity index (χ1n) is 24.9. The average Bonchev–Trinajstić information content (AvgIpc) is 3.90. The van der Waals surface area contributed by atoms with Gasteiger partial charge in [-0.2, -0.15) is 11.8 Å². The van der Waals surface area contributed by atoms with Crippen molar-refractivity contribution in [2.75, 3.05) is 46.7 Å². The highest BCUT2D eigenvalue weighted by atomic mass is 32.2. The van der Waals surface area contributed by atoms with Gasteiger partial charge in [0, 0.05) is 108 Å². The molecule has 0 bridgehead atoms. The van der Waals surface area contributed by atoms with Gasteiger partial charge < -0.3 is 30.0 Å². The second kappa shape index (κ2) is 27.9. The third-order valence-corrected chi connectivity index (χ3v) is 15.8. The number of unbranched alkanes of at least 4 members (excludes halogenated alkanes) is 2. The van der Waals surface area contributed by atoms with Crippen LogP contribution < -0.4 is 0 Å². The number of carboxylic acid groups (broad SMARTS) is 1. The van der Waals surface area contributed by atoms with Crippen molar-refractivity contribution in [1.29, 1.82) is 0 Å². The first kappa shape index (κ1) is 58.2. The number of hydrogen-bond acceptors (Lipinski definition) is 11. The standard InChI is InChI=1S/C52H82N4O11S/c1-11-34(6)49(38(30-57)27-46(62)55-24-18-21-41(55)40(31-58)35(7)42(59)26-37(52(66)67)25-36-19-14-12-15-20-36)54(9)50(64)39(32(2)3)28-43(60)48(33(4)5)53(8)45(61)22-16-13-17-23-56-47(63)29-44(68-10)51(56)65/h12,14-15,19-20,32-35,37-41,44,48-49,57-58H,11,13,16-18,21-31H2,1-10H3,(H,66,67)/t34-,35+,37+,38-,39+,40+,41-,44?,48-,49-/m0/s1. The van der Waals surface area contributed by atoms with E-state index in [9.17, 15) is 53.7 Å². The Balaban J connectivity index is 1.70. The lowest BCUT2D eigenvalue weighted by Gasteiger charge is -2.41. The number of likely N-dealkylation sites (N-methyl/N-ethyl adjacent to an activating group) is 1. The van der Waals surface area contributed by atoms with Crippen molar-refractivity contribution < 1.29 is 53.7 Å². The molecule has 0 saturated carbocycles. The minimum Gasteiger partial charge on any atom is -0.481 e. The van der Waals surface area contributed by atoms with E-state index in [2.05, 4.69) is 0 Å². The van der Waals surface area contributed by atoms with Gasteiger partial charge in [-0.05, 0) is 61.7 Å². The SMILES string of the molecule is CC[C@H](C)[C@@H]([C@H](CO)CC(=O)N1CCC[C@H]1[C@H](CO)[C@@H](C)C(=O)C[C@@H](Cc1ccccc1)C(=O)O)N(C)C(=O)[C@H](CC(=O)[C@H](C(C)C)N(C)C(=O)CCCCCN1C(=O)CC(SC)C1=O)C(C)C. The smallest absolute Gasteiger partial charge is 0.307 e. The summed E-state index contributed by atoms with van der Waals surface area (Å²) in [5.74, 6) is -7.08. The molecule has 0 radical (unpaired) electrons. The molecule has 2 aliphatic heterocycles. The van der Waals surface area contributed by atoms with Crippen molar-refractivity contribution in [1.82, 2.24) is 19.6 Å². The number of thioether (sulfide) groups is 1. The lowest BCUT2D eigenvalue weighted by atomic mass is 9.80. The van der Waals surface area contributed by atoms with Crippen LogP contribution in [0.3, 0.4) is 0 Å². The van der Waals surface area contributed by atoms with E-state index < -0.39 is 60.3 Å². The minimum atomic E-state index is -1.08. The fourth-order valence-corrected chi connectivity index (χ4v) is 11.2. The molecule has 0 spiro atoms. The fourth-order valence-electron chi connectivity index (χ4n) is 10.5. The van der Waals surface area contributed by atoms with Crippen LogP contribution in [0.5, 0.6) is 0 Å². The summed E-state index contributed by atoms with van der Waals surface area (Å²) in [6, 6.07) is 7.27. The van der Waals surface area contributed by atoms with Gasteiger partial charge in [-0.1, -0.05) is 91.6 Å². The summed E-state index contributed by atoms with van der Waals surface area (Å²) in [6.07, 6.45) is 5.54. The van der Waals surface area contributed by atoms with Crippen LogP contribution >= 0.6 is 11.8 Å². The van der Waals surface area contributed by atoms with Crippen LogP contribution in [0.1, 0.15) is 125 Å². The number of ketones is 2. The number of aliphatic hydroxyl groups is 2. The molecule has 68 heavy (non-hydrogen) atoms. The van der Waals surface area contributed by atoms with Crippen LogP contribution in [0, 0.1) is 47.3 Å². The zero-order valence-corrected chi connectivity index (χ0v) is 43.2. The maximum atomic E-state index is 14.6. The lowest BCUT2D eigenvalue weighted by Crippen LogP contribution is -2.52. The molecule has 2 fully saturated rings. The molecule has 1 aromatic carbocycles. The molecule has 10 atom stereocenters. The highest BCUT2D eigenvalue weighted by Crippen LogP contribution is 2.34. The molecule has 2 saturated heterocycles. The maximum absolute atomic E-state index is 14.6. The van der Waals surface area contributed by atoms with Crippen LogP contribution in [0.2, 0.25) is 0 Å². The second-order valence-electron chi connectivity index (χ2n) is 20.1. The Hall–Kier alpha value is -4.15. The molecule has 5 amide bonds. The normalized spacial score (nSPS) is 19.9. The molecule has 1 unspecified atom stereocenters. The molecule has 3 rings (SSSR count). The van der Waals surface area contributed by atoms with Gasteiger partial charge in [0.15, 0.2) is 5.78 Å². The summed E-state index contributed by atoms with van der Waals surface area (Å²) in [5, 5.41) is 31.3. The van der Waals surface area contributed by atoms with Crippen molar-refractivity contribution in [3.63, 3.8) is 0 Å². The number of rotatable bonds is 30. The molecule has 382 valence electrons. The summed E-state index contributed by atoms with van der Waals surface area (Å²) >= 11 is 1.37. The Kier molecular flexibility index (Phi) is 23.9. The van der Waals surface area contributed by atoms with Gasteiger partial charge in [0.25, 0.3) is 0 Å². The predicted molar refractivity (Wildman–Crippen MR) is 263 cm³/mol. The summed E-state index contributed by atoms with van der Waals surface area (Å²) < 4.78 is 0. The summed E-state index contributed by atoms with van der Waals surface area (Å²) in [7, 11) is 3.28. The number of likely N-dealkylation sites (tertiary alicyclic amines) is 2. The van der Waals surface area contributed by atoms with Gasteiger partial charge in [0.2, 0.25) is 29.5 Å². The van der Waals surface area contributed by atoms with Gasteiger partial charge in [-0.15, -0.1) is 0 Å². The number of amides is 5. The topological polar surface area (TPSA) is 210 Å². The molecule has 2 aliphatic rings. The largest absolute Gasteiger partial charge is 0.481 e. The van der Waals surface area contributed by atoms with E-state index in [1.807, 2.05) is 78.1 Å². The Morgan fingerprint density at radius 1 is 0.838 bits per heavy atom. The molecule has 2 heterocycles. The van der Waals surface area contributed by atoms with Crippen molar-refractivity contribution in [2.24, 2.45) is 47.3 Å². The number of imide groups is 1. The fraction of sp³-hybridized carbons (Fsp3) is 0.731. The van der Waals surface area contributed by atoms with Crippen LogP contribution in [-0.2, 0) is 44.8 Å². The lowest BCUT2D eigenvalue weighted by molar-refractivity contribution is -0.147. The summed E-state index contributed by atoms with van der Waals surface area (Å²) in [6.45, 7) is 13.1. The van der Waals surface area contributed by atoms with Crippen molar-refractivity contribution in [3.8, 4) is 0 Å². The van der Waals surface area contributed by atoms with E-state index in [0.717, 1.165) is 5.56 Å². The number of carbonyl (C=O) groups excluding carboxylic acids is 7. The van der Waals surface area contributed by atoms with Gasteiger partial charge in [0.1, 0.15) is 5.78 Å². The van der Waals surface area contributed by atoms with Crippen LogP contribution in [0.4, 0.5) is 0 Å². The quantitative estimate of drug-likeness (QED) is 0.0621. The third kappa shape index (κ3) is 15.4. The van der Waals surface area contributed by atoms with Gasteiger partial charge in [-0.25, -0.2) is 0 Å². The van der Waals surface area contributed by atoms with Crippen LogP contribution in [0.25, 0.3) is 0 Å². The van der Waals surface area contributed by atoms with E-state index in [4.69, 9.17) is 0 Å². The Morgan fingerprint density at radius 2 is 1.50 bits per heavy atom. The molecular weight excluding hydrogens is 889 g/mol. The second-order valence-corrected chi connectivity index (χ2v) is 21.2. The summed E-state index contributed by atoms with van der Waals surface area (Å²) in [4.78, 5) is 113. The van der Waals surface area contributed by atoms with Crippen molar-refractivity contribution in [3.05, 3.63) is 35.9 Å². The molecule has 1 aromatic rings. The first-order chi connectivity index (χ1) is 32.1. The Morgan fingerprint density at radius 3 is 2.04 bits per heavy atom. The van der Waals surface area contributed by atoms with E-state index in [0.29, 0.717) is 51.6 Å². The number of benzene rings is 1. The highest BCUT2D eigenvalue weighted by molar-refractivity contribution is 8.00. The molecule has 0 aromatic heterocycles. The van der Waals surface area contributed by atoms with Crippen LogP contribution in [0.15, 0.2) is 30.3 Å². The van der Waals surface area contributed by atoms with E-state index in [1.165, 1.54) is 21.6 Å².